The van der Waals surface area contributed by atoms with E-state index < -0.39 is 0 Å². The van der Waals surface area contributed by atoms with E-state index in [0.717, 1.165) is 26.5 Å². The zero-order valence-electron chi connectivity index (χ0n) is 13.6. The number of carbonyl (C=O) groups is 1. The Morgan fingerprint density at radius 3 is 2.60 bits per heavy atom. The average molecular weight is 366 g/mol. The fraction of sp³-hybridized carbons (Fsp3) is 0.111. The van der Waals surface area contributed by atoms with Crippen LogP contribution in [0.4, 0.5) is 5.13 Å². The quantitative estimate of drug-likeness (QED) is 0.571. The summed E-state index contributed by atoms with van der Waals surface area (Å²) in [6.45, 7) is 3.91. The topological polar surface area (TPSA) is 67.8 Å². The van der Waals surface area contributed by atoms with Crippen LogP contribution in [0.5, 0.6) is 0 Å². The number of rotatable bonds is 3. The van der Waals surface area contributed by atoms with E-state index in [-0.39, 0.29) is 5.91 Å². The molecule has 0 atom stereocenters. The maximum Gasteiger partial charge on any atom is 0.258 e. The van der Waals surface area contributed by atoms with Gasteiger partial charge in [-0.3, -0.25) is 10.1 Å². The van der Waals surface area contributed by atoms with Crippen molar-refractivity contribution in [3.05, 3.63) is 57.9 Å². The molecule has 1 aromatic carbocycles. The van der Waals surface area contributed by atoms with Gasteiger partial charge in [-0.05, 0) is 38.1 Å². The Labute approximate surface area is 152 Å². The smallest absolute Gasteiger partial charge is 0.258 e. The molecule has 0 fully saturated rings. The molecule has 3 aromatic heterocycles. The minimum absolute atomic E-state index is 0.204. The lowest BCUT2D eigenvalue weighted by atomic mass is 10.1. The van der Waals surface area contributed by atoms with Gasteiger partial charge in [-0.25, -0.2) is 4.98 Å². The number of aryl methyl sites for hydroxylation is 2. The monoisotopic (exact) mass is 366 g/mol. The van der Waals surface area contributed by atoms with Crippen molar-refractivity contribution < 1.29 is 4.79 Å². The number of pyridine rings is 1. The SMILES string of the molecule is Cc1ccc(-c2cc(C(=O)Nc3nnc(C)s3)c3ccccc3n2)s1. The number of para-hydroxylation sites is 1. The molecule has 0 saturated heterocycles. The number of thiophene rings is 1. The Morgan fingerprint density at radius 1 is 1.04 bits per heavy atom. The van der Waals surface area contributed by atoms with Gasteiger partial charge < -0.3 is 0 Å². The van der Waals surface area contributed by atoms with E-state index >= 15 is 0 Å². The van der Waals surface area contributed by atoms with Crippen LogP contribution in [-0.2, 0) is 0 Å². The molecule has 4 aromatic rings. The molecule has 3 heterocycles. The summed E-state index contributed by atoms with van der Waals surface area (Å²) in [4.78, 5) is 19.8. The number of fused-ring (bicyclic) bond motifs is 1. The molecule has 124 valence electrons. The van der Waals surface area contributed by atoms with E-state index in [4.69, 9.17) is 4.98 Å². The maximum absolute atomic E-state index is 12.8. The first-order chi connectivity index (χ1) is 12.1. The van der Waals surface area contributed by atoms with E-state index in [0.29, 0.717) is 10.7 Å². The van der Waals surface area contributed by atoms with Crippen LogP contribution >= 0.6 is 22.7 Å². The summed E-state index contributed by atoms with van der Waals surface area (Å²) in [5.74, 6) is -0.204. The first-order valence-electron chi connectivity index (χ1n) is 7.68. The number of hydrogen-bond donors (Lipinski definition) is 1. The van der Waals surface area contributed by atoms with Gasteiger partial charge in [0.1, 0.15) is 5.01 Å². The summed E-state index contributed by atoms with van der Waals surface area (Å²) in [6, 6.07) is 13.6. The molecule has 0 unspecified atom stereocenters. The Morgan fingerprint density at radius 2 is 1.88 bits per heavy atom. The number of nitrogens with zero attached hydrogens (tertiary/aromatic N) is 3. The second-order valence-corrected chi connectivity index (χ2v) is 8.03. The van der Waals surface area contributed by atoms with Crippen molar-refractivity contribution >= 4 is 44.6 Å². The van der Waals surface area contributed by atoms with Gasteiger partial charge in [-0.1, -0.05) is 29.5 Å². The molecular weight excluding hydrogens is 352 g/mol. The van der Waals surface area contributed by atoms with Crippen molar-refractivity contribution in [2.24, 2.45) is 0 Å². The van der Waals surface area contributed by atoms with E-state index in [1.54, 1.807) is 11.3 Å². The Kier molecular flexibility index (Phi) is 4.03. The van der Waals surface area contributed by atoms with Crippen molar-refractivity contribution in [3.8, 4) is 10.6 Å². The largest absolute Gasteiger partial charge is 0.296 e. The lowest BCUT2D eigenvalue weighted by molar-refractivity contribution is 0.102. The highest BCUT2D eigenvalue weighted by Gasteiger charge is 2.16. The highest BCUT2D eigenvalue weighted by atomic mass is 32.1. The third-order valence-corrected chi connectivity index (χ3v) is 5.48. The lowest BCUT2D eigenvalue weighted by Crippen LogP contribution is -2.13. The number of benzene rings is 1. The third-order valence-electron chi connectivity index (χ3n) is 3.70. The summed E-state index contributed by atoms with van der Waals surface area (Å²) in [6.07, 6.45) is 0. The predicted molar refractivity (Wildman–Crippen MR) is 102 cm³/mol. The number of aromatic nitrogens is 3. The molecule has 0 aliphatic heterocycles. The van der Waals surface area contributed by atoms with Gasteiger partial charge in [0.05, 0.1) is 21.7 Å². The lowest BCUT2D eigenvalue weighted by Gasteiger charge is -2.08. The number of anilines is 1. The van der Waals surface area contributed by atoms with Gasteiger partial charge in [-0.2, -0.15) is 0 Å². The summed E-state index contributed by atoms with van der Waals surface area (Å²) in [5, 5.41) is 12.9. The molecule has 5 nitrogen and oxygen atoms in total. The average Bonchev–Trinajstić information content (AvgIpc) is 3.22. The van der Waals surface area contributed by atoms with Crippen LogP contribution in [0.15, 0.2) is 42.5 Å². The summed E-state index contributed by atoms with van der Waals surface area (Å²) < 4.78 is 0. The van der Waals surface area contributed by atoms with Crippen molar-refractivity contribution in [1.82, 2.24) is 15.2 Å². The van der Waals surface area contributed by atoms with Gasteiger partial charge in [0, 0.05) is 10.3 Å². The van der Waals surface area contributed by atoms with Gasteiger partial charge in [0.25, 0.3) is 5.91 Å². The molecule has 0 radical (unpaired) electrons. The van der Waals surface area contributed by atoms with Crippen LogP contribution in [0.25, 0.3) is 21.5 Å². The first kappa shape index (κ1) is 15.9. The number of amides is 1. The molecule has 25 heavy (non-hydrogen) atoms. The molecule has 4 rings (SSSR count). The first-order valence-corrected chi connectivity index (χ1v) is 9.31. The van der Waals surface area contributed by atoms with E-state index in [9.17, 15) is 4.79 Å². The second kappa shape index (κ2) is 6.34. The Balaban J connectivity index is 1.82. The van der Waals surface area contributed by atoms with Crippen molar-refractivity contribution in [3.63, 3.8) is 0 Å². The maximum atomic E-state index is 12.8. The minimum atomic E-state index is -0.204. The molecule has 0 aliphatic carbocycles. The molecule has 1 amide bonds. The summed E-state index contributed by atoms with van der Waals surface area (Å²) in [7, 11) is 0. The molecule has 0 bridgehead atoms. The number of carbonyl (C=O) groups excluding carboxylic acids is 1. The van der Waals surface area contributed by atoms with Crippen LogP contribution in [-0.4, -0.2) is 21.1 Å². The molecule has 0 spiro atoms. The van der Waals surface area contributed by atoms with Crippen molar-refractivity contribution in [2.75, 3.05) is 5.32 Å². The van der Waals surface area contributed by atoms with E-state index in [1.165, 1.54) is 16.2 Å². The Hall–Kier alpha value is -2.64. The molecular formula is C18H14N4OS2. The van der Waals surface area contributed by atoms with Crippen molar-refractivity contribution in [1.29, 1.82) is 0 Å². The summed E-state index contributed by atoms with van der Waals surface area (Å²) >= 11 is 3.01. The third kappa shape index (κ3) is 3.16. The predicted octanol–water partition coefficient (Wildman–Crippen LogP) is 4.68. The van der Waals surface area contributed by atoms with E-state index in [2.05, 4.69) is 28.5 Å². The van der Waals surface area contributed by atoms with Crippen molar-refractivity contribution in [2.45, 2.75) is 13.8 Å². The fourth-order valence-corrected chi connectivity index (χ4v) is 3.99. The number of hydrogen-bond acceptors (Lipinski definition) is 6. The highest BCUT2D eigenvalue weighted by Crippen LogP contribution is 2.30. The molecule has 0 saturated carbocycles. The fourth-order valence-electron chi connectivity index (χ4n) is 2.57. The van der Waals surface area contributed by atoms with Crippen LogP contribution in [0, 0.1) is 13.8 Å². The van der Waals surface area contributed by atoms with E-state index in [1.807, 2.05) is 43.3 Å². The zero-order valence-corrected chi connectivity index (χ0v) is 15.2. The second-order valence-electron chi connectivity index (χ2n) is 5.56. The molecule has 7 heteroatoms. The highest BCUT2D eigenvalue weighted by molar-refractivity contribution is 7.15. The van der Waals surface area contributed by atoms with Crippen LogP contribution in [0.1, 0.15) is 20.2 Å². The molecule has 0 aliphatic rings. The van der Waals surface area contributed by atoms with Gasteiger partial charge >= 0.3 is 0 Å². The van der Waals surface area contributed by atoms with Crippen LogP contribution < -0.4 is 5.32 Å². The Bertz CT molecular complexity index is 1080. The standard InChI is InChI=1S/C18H14N4OS2/c1-10-7-8-16(24-10)15-9-13(12-5-3-4-6-14(12)19-15)17(23)20-18-22-21-11(2)25-18/h3-9H,1-2H3,(H,20,22,23). The van der Waals surface area contributed by atoms with Gasteiger partial charge in [0.2, 0.25) is 5.13 Å². The van der Waals surface area contributed by atoms with Gasteiger partial charge in [-0.15, -0.1) is 21.5 Å². The zero-order chi connectivity index (χ0) is 17.4. The van der Waals surface area contributed by atoms with Crippen LogP contribution in [0.3, 0.4) is 0 Å². The van der Waals surface area contributed by atoms with Gasteiger partial charge in [0.15, 0.2) is 0 Å². The molecule has 1 N–H and O–H groups in total. The normalized spacial score (nSPS) is 11.0. The minimum Gasteiger partial charge on any atom is -0.296 e. The van der Waals surface area contributed by atoms with Crippen LogP contribution in [0.2, 0.25) is 0 Å². The summed E-state index contributed by atoms with van der Waals surface area (Å²) in [5.41, 5.74) is 2.18. The number of nitrogens with one attached hydrogen (secondary N) is 1.